The van der Waals surface area contributed by atoms with Gasteiger partial charge in [-0.15, -0.1) is 0 Å². The number of hydrogen-bond donors (Lipinski definition) is 0. The van der Waals surface area contributed by atoms with Gasteiger partial charge in [-0.05, 0) is 29.7 Å². The molecule has 30 heavy (non-hydrogen) atoms. The Morgan fingerprint density at radius 2 is 1.90 bits per heavy atom. The summed E-state index contributed by atoms with van der Waals surface area (Å²) in [5.74, 6) is 1.19. The zero-order valence-corrected chi connectivity index (χ0v) is 17.6. The quantitative estimate of drug-likeness (QED) is 0.466. The van der Waals surface area contributed by atoms with Crippen LogP contribution in [0.5, 0.6) is 11.6 Å². The molecule has 8 nitrogen and oxygen atoms in total. The number of nitrogens with zero attached hydrogens (tertiary/aromatic N) is 2. The van der Waals surface area contributed by atoms with Crippen LogP contribution in [0.1, 0.15) is 25.3 Å². The fraction of sp³-hybridized carbons (Fsp3) is 0.409. The topological polar surface area (TPSA) is 92.9 Å². The Bertz CT molecular complexity index is 1050. The average molecular weight is 414 g/mol. The molecule has 3 aromatic rings. The number of rotatable bonds is 10. The van der Waals surface area contributed by atoms with Crippen LogP contribution in [0.15, 0.2) is 39.7 Å². The first-order valence-corrected chi connectivity index (χ1v) is 9.72. The molecule has 0 N–H and O–H groups in total. The zero-order valence-electron chi connectivity index (χ0n) is 17.6. The van der Waals surface area contributed by atoms with E-state index in [2.05, 4.69) is 9.97 Å². The molecule has 0 bridgehead atoms. The second-order valence-corrected chi connectivity index (χ2v) is 6.88. The van der Waals surface area contributed by atoms with Gasteiger partial charge in [-0.3, -0.25) is 0 Å². The first-order valence-electron chi connectivity index (χ1n) is 9.72. The van der Waals surface area contributed by atoms with E-state index in [1.807, 2.05) is 19.9 Å². The van der Waals surface area contributed by atoms with Crippen LogP contribution in [0, 0.1) is 0 Å². The van der Waals surface area contributed by atoms with E-state index in [0.717, 1.165) is 5.56 Å². The van der Waals surface area contributed by atoms with Crippen LogP contribution in [0.2, 0.25) is 0 Å². The number of ether oxygens (including phenoxy) is 4. The lowest BCUT2D eigenvalue weighted by Crippen LogP contribution is -2.11. The van der Waals surface area contributed by atoms with Crippen LogP contribution in [0.4, 0.5) is 0 Å². The molecule has 0 atom stereocenters. The molecule has 2 aromatic heterocycles. The molecular weight excluding hydrogens is 388 g/mol. The molecule has 0 amide bonds. The summed E-state index contributed by atoms with van der Waals surface area (Å²) >= 11 is 0. The number of fused-ring (bicyclic) bond motifs is 1. The molecule has 0 fully saturated rings. The van der Waals surface area contributed by atoms with Crippen molar-refractivity contribution in [2.24, 2.45) is 0 Å². The molecule has 0 unspecified atom stereocenters. The van der Waals surface area contributed by atoms with E-state index in [9.17, 15) is 4.79 Å². The average Bonchev–Trinajstić information content (AvgIpc) is 2.75. The fourth-order valence-corrected chi connectivity index (χ4v) is 3.00. The van der Waals surface area contributed by atoms with E-state index in [0.29, 0.717) is 47.9 Å². The monoisotopic (exact) mass is 414 g/mol. The maximum Gasteiger partial charge on any atom is 0.347 e. The highest BCUT2D eigenvalue weighted by Crippen LogP contribution is 2.31. The van der Waals surface area contributed by atoms with Crippen LogP contribution in [-0.2, 0) is 9.47 Å². The number of aromatic nitrogens is 2. The third-order valence-electron chi connectivity index (χ3n) is 4.49. The molecule has 0 aliphatic heterocycles. The van der Waals surface area contributed by atoms with E-state index < -0.39 is 5.63 Å². The second kappa shape index (κ2) is 10.2. The van der Waals surface area contributed by atoms with Gasteiger partial charge in [-0.25, -0.2) is 14.8 Å². The van der Waals surface area contributed by atoms with Gasteiger partial charge in [-0.1, -0.05) is 13.8 Å². The first kappa shape index (κ1) is 21.7. The SMILES string of the molecule is COCCOCCOc1ncccc1-c1nc2cc(OC)cc(C(C)C)c2c(=O)o1. The minimum absolute atomic E-state index is 0.105. The molecule has 0 aliphatic rings. The summed E-state index contributed by atoms with van der Waals surface area (Å²) in [5.41, 5.74) is 1.36. The van der Waals surface area contributed by atoms with Crippen molar-refractivity contribution in [3.63, 3.8) is 0 Å². The molecule has 0 saturated carbocycles. The van der Waals surface area contributed by atoms with Crippen molar-refractivity contribution in [2.45, 2.75) is 19.8 Å². The van der Waals surface area contributed by atoms with Crippen molar-refractivity contribution in [2.75, 3.05) is 40.6 Å². The minimum atomic E-state index is -0.459. The molecule has 160 valence electrons. The van der Waals surface area contributed by atoms with Crippen molar-refractivity contribution < 1.29 is 23.4 Å². The van der Waals surface area contributed by atoms with Gasteiger partial charge in [0, 0.05) is 19.4 Å². The van der Waals surface area contributed by atoms with Crippen LogP contribution in [0.3, 0.4) is 0 Å². The van der Waals surface area contributed by atoms with Gasteiger partial charge in [0.25, 0.3) is 0 Å². The summed E-state index contributed by atoms with van der Waals surface area (Å²) in [7, 11) is 3.20. The predicted molar refractivity (Wildman–Crippen MR) is 112 cm³/mol. The van der Waals surface area contributed by atoms with Crippen molar-refractivity contribution in [3.05, 3.63) is 46.4 Å². The Morgan fingerprint density at radius 1 is 1.10 bits per heavy atom. The Morgan fingerprint density at radius 3 is 2.63 bits per heavy atom. The maximum atomic E-state index is 12.8. The summed E-state index contributed by atoms with van der Waals surface area (Å²) in [4.78, 5) is 21.7. The van der Waals surface area contributed by atoms with Crippen molar-refractivity contribution in [1.82, 2.24) is 9.97 Å². The largest absolute Gasteiger partial charge is 0.497 e. The standard InChI is InChI=1S/C22H26N2O6/c1-14(2)17-12-15(27-4)13-18-19(17)22(25)30-21(24-18)16-6-5-7-23-20(16)29-11-10-28-9-8-26-3/h5-7,12-14H,8-11H2,1-4H3. The summed E-state index contributed by atoms with van der Waals surface area (Å²) in [6.07, 6.45) is 1.60. The number of hydrogen-bond acceptors (Lipinski definition) is 8. The summed E-state index contributed by atoms with van der Waals surface area (Å²) < 4.78 is 27.0. The van der Waals surface area contributed by atoms with Crippen molar-refractivity contribution in [3.8, 4) is 23.1 Å². The normalized spacial score (nSPS) is 11.2. The molecule has 3 rings (SSSR count). The Kier molecular flexibility index (Phi) is 7.37. The zero-order chi connectivity index (χ0) is 21.5. The minimum Gasteiger partial charge on any atom is -0.497 e. The lowest BCUT2D eigenvalue weighted by Gasteiger charge is -2.13. The Hall–Kier alpha value is -2.97. The van der Waals surface area contributed by atoms with Gasteiger partial charge in [0.05, 0.1) is 43.4 Å². The number of benzene rings is 1. The fourth-order valence-electron chi connectivity index (χ4n) is 3.00. The molecular formula is C22H26N2O6. The van der Waals surface area contributed by atoms with Crippen LogP contribution in [0.25, 0.3) is 22.4 Å². The lowest BCUT2D eigenvalue weighted by atomic mass is 9.98. The number of methoxy groups -OCH3 is 2. The first-order chi connectivity index (χ1) is 14.5. The predicted octanol–water partition coefficient (Wildman–Crippen LogP) is 3.42. The summed E-state index contributed by atoms with van der Waals surface area (Å²) in [5, 5.41) is 0.451. The van der Waals surface area contributed by atoms with Crippen LogP contribution >= 0.6 is 0 Å². The van der Waals surface area contributed by atoms with Gasteiger partial charge >= 0.3 is 5.63 Å². The maximum absolute atomic E-state index is 12.8. The lowest BCUT2D eigenvalue weighted by molar-refractivity contribution is 0.0537. The highest BCUT2D eigenvalue weighted by molar-refractivity contribution is 5.84. The van der Waals surface area contributed by atoms with Crippen LogP contribution in [-0.4, -0.2) is 50.6 Å². The van der Waals surface area contributed by atoms with Gasteiger partial charge < -0.3 is 23.4 Å². The van der Waals surface area contributed by atoms with Gasteiger partial charge in [0.2, 0.25) is 11.8 Å². The van der Waals surface area contributed by atoms with Gasteiger partial charge in [-0.2, -0.15) is 0 Å². The molecule has 2 heterocycles. The second-order valence-electron chi connectivity index (χ2n) is 6.88. The Labute approximate surface area is 174 Å². The van der Waals surface area contributed by atoms with E-state index in [1.165, 1.54) is 0 Å². The van der Waals surface area contributed by atoms with E-state index in [4.69, 9.17) is 23.4 Å². The third kappa shape index (κ3) is 4.95. The van der Waals surface area contributed by atoms with Gasteiger partial charge in [0.1, 0.15) is 12.4 Å². The van der Waals surface area contributed by atoms with E-state index in [-0.39, 0.29) is 18.4 Å². The molecule has 0 radical (unpaired) electrons. The molecule has 8 heteroatoms. The summed E-state index contributed by atoms with van der Waals surface area (Å²) in [6, 6.07) is 7.04. The van der Waals surface area contributed by atoms with E-state index >= 15 is 0 Å². The highest BCUT2D eigenvalue weighted by atomic mass is 16.5. The highest BCUT2D eigenvalue weighted by Gasteiger charge is 2.18. The number of pyridine rings is 1. The van der Waals surface area contributed by atoms with Crippen LogP contribution < -0.4 is 15.1 Å². The van der Waals surface area contributed by atoms with E-state index in [1.54, 1.807) is 38.6 Å². The molecule has 0 spiro atoms. The molecule has 0 aliphatic carbocycles. The Balaban J connectivity index is 1.95. The third-order valence-corrected chi connectivity index (χ3v) is 4.49. The van der Waals surface area contributed by atoms with Crippen molar-refractivity contribution >= 4 is 10.9 Å². The smallest absolute Gasteiger partial charge is 0.347 e. The summed E-state index contributed by atoms with van der Waals surface area (Å²) in [6.45, 7) is 5.67. The molecule has 0 saturated heterocycles. The van der Waals surface area contributed by atoms with Crippen molar-refractivity contribution in [1.29, 1.82) is 0 Å². The molecule has 1 aromatic carbocycles. The van der Waals surface area contributed by atoms with Gasteiger partial charge in [0.15, 0.2) is 0 Å².